The van der Waals surface area contributed by atoms with Crippen molar-refractivity contribution in [2.75, 3.05) is 7.11 Å². The fraction of sp³-hybridized carbons (Fsp3) is 0.211. The highest BCUT2D eigenvalue weighted by atomic mass is 16.7. The lowest BCUT2D eigenvalue weighted by atomic mass is 9.91. The molecule has 1 heterocycles. The molecule has 0 spiro atoms. The molecule has 1 aliphatic heterocycles. The average molecular weight is 293 g/mol. The Morgan fingerprint density at radius 2 is 1.77 bits per heavy atom. The van der Waals surface area contributed by atoms with Gasteiger partial charge in [0, 0.05) is 5.56 Å². The maximum atomic E-state index is 12.4. The molecule has 0 unspecified atom stereocenters. The Bertz CT molecular complexity index is 708. The fourth-order valence-electron chi connectivity index (χ4n) is 3.01. The number of carbonyl (C=O) groups is 1. The summed E-state index contributed by atoms with van der Waals surface area (Å²) in [7, 11) is 1.53. The van der Waals surface area contributed by atoms with Gasteiger partial charge >= 0.3 is 0 Å². The summed E-state index contributed by atoms with van der Waals surface area (Å²) in [6.07, 6.45) is 4.97. The molecule has 112 valence electrons. The van der Waals surface area contributed by atoms with Crippen molar-refractivity contribution in [3.8, 4) is 0 Å². The third-order valence-corrected chi connectivity index (χ3v) is 4.13. The second-order valence-electron chi connectivity index (χ2n) is 5.57. The Hall–Kier alpha value is -2.39. The molecule has 1 amide bonds. The SMILES string of the molecule is CON1C(=O)c2ccccc2[C@]1(C)/C=C/Cc1ccccc1. The normalized spacial score (nSPS) is 20.6. The first-order chi connectivity index (χ1) is 10.7. The lowest BCUT2D eigenvalue weighted by Gasteiger charge is -2.30. The maximum absolute atomic E-state index is 12.4. The van der Waals surface area contributed by atoms with Gasteiger partial charge in [0.25, 0.3) is 5.91 Å². The fourth-order valence-corrected chi connectivity index (χ4v) is 3.01. The Labute approximate surface area is 130 Å². The predicted molar refractivity (Wildman–Crippen MR) is 86.3 cm³/mol. The second kappa shape index (κ2) is 5.78. The zero-order chi connectivity index (χ0) is 15.6. The van der Waals surface area contributed by atoms with Crippen LogP contribution in [0.25, 0.3) is 0 Å². The first-order valence-corrected chi connectivity index (χ1v) is 7.36. The van der Waals surface area contributed by atoms with Crippen molar-refractivity contribution in [3.63, 3.8) is 0 Å². The summed E-state index contributed by atoms with van der Waals surface area (Å²) in [5.41, 5.74) is 2.35. The van der Waals surface area contributed by atoms with Gasteiger partial charge in [-0.05, 0) is 30.5 Å². The minimum Gasteiger partial charge on any atom is -0.273 e. The highest BCUT2D eigenvalue weighted by Gasteiger charge is 2.45. The number of fused-ring (bicyclic) bond motifs is 1. The molecule has 0 bridgehead atoms. The molecule has 0 aromatic heterocycles. The van der Waals surface area contributed by atoms with E-state index in [1.165, 1.54) is 17.7 Å². The van der Waals surface area contributed by atoms with E-state index in [2.05, 4.69) is 18.2 Å². The van der Waals surface area contributed by atoms with Crippen molar-refractivity contribution < 1.29 is 9.63 Å². The quantitative estimate of drug-likeness (QED) is 0.804. The van der Waals surface area contributed by atoms with Gasteiger partial charge in [-0.2, -0.15) is 0 Å². The van der Waals surface area contributed by atoms with Crippen LogP contribution in [0.4, 0.5) is 0 Å². The number of hydrogen-bond donors (Lipinski definition) is 0. The predicted octanol–water partition coefficient (Wildman–Crippen LogP) is 3.72. The Morgan fingerprint density at radius 3 is 2.50 bits per heavy atom. The number of rotatable bonds is 4. The number of carbonyl (C=O) groups excluding carboxylic acids is 1. The van der Waals surface area contributed by atoms with Crippen molar-refractivity contribution in [3.05, 3.63) is 83.4 Å². The van der Waals surface area contributed by atoms with Crippen LogP contribution >= 0.6 is 0 Å². The van der Waals surface area contributed by atoms with Gasteiger partial charge in [-0.3, -0.25) is 9.63 Å². The number of hydrogen-bond acceptors (Lipinski definition) is 2. The van der Waals surface area contributed by atoms with Gasteiger partial charge in [-0.25, -0.2) is 5.06 Å². The van der Waals surface area contributed by atoms with Crippen LogP contribution in [0.5, 0.6) is 0 Å². The molecule has 3 rings (SSSR count). The number of allylic oxidation sites excluding steroid dienone is 1. The van der Waals surface area contributed by atoms with Gasteiger partial charge in [-0.1, -0.05) is 60.7 Å². The van der Waals surface area contributed by atoms with E-state index in [9.17, 15) is 4.79 Å². The third-order valence-electron chi connectivity index (χ3n) is 4.13. The minimum atomic E-state index is -0.572. The smallest absolute Gasteiger partial charge is 0.273 e. The molecule has 0 N–H and O–H groups in total. The molecular weight excluding hydrogens is 274 g/mol. The molecule has 0 radical (unpaired) electrons. The zero-order valence-corrected chi connectivity index (χ0v) is 12.8. The molecule has 0 saturated heterocycles. The maximum Gasteiger partial charge on any atom is 0.278 e. The van der Waals surface area contributed by atoms with Crippen molar-refractivity contribution in [2.24, 2.45) is 0 Å². The van der Waals surface area contributed by atoms with Crippen molar-refractivity contribution in [1.29, 1.82) is 0 Å². The highest BCUT2D eigenvalue weighted by Crippen LogP contribution is 2.40. The van der Waals surface area contributed by atoms with Crippen LogP contribution < -0.4 is 0 Å². The summed E-state index contributed by atoms with van der Waals surface area (Å²) in [5, 5.41) is 1.44. The van der Waals surface area contributed by atoms with Crippen LogP contribution in [0.15, 0.2) is 66.7 Å². The molecule has 2 aromatic carbocycles. The molecule has 0 aliphatic carbocycles. The summed E-state index contributed by atoms with van der Waals surface area (Å²) in [4.78, 5) is 17.8. The van der Waals surface area contributed by atoms with Crippen LogP contribution in [0, 0.1) is 0 Å². The van der Waals surface area contributed by atoms with Gasteiger partial charge in [0.1, 0.15) is 5.54 Å². The van der Waals surface area contributed by atoms with E-state index in [1.54, 1.807) is 0 Å². The molecule has 1 atom stereocenters. The van der Waals surface area contributed by atoms with Gasteiger partial charge in [0.05, 0.1) is 7.11 Å². The zero-order valence-electron chi connectivity index (χ0n) is 12.8. The van der Waals surface area contributed by atoms with Crippen LogP contribution in [0.2, 0.25) is 0 Å². The van der Waals surface area contributed by atoms with Crippen molar-refractivity contribution in [2.45, 2.75) is 18.9 Å². The standard InChI is InChI=1S/C19H19NO2/c1-19(14-8-11-15-9-4-3-5-10-15)17-13-7-6-12-16(17)18(21)20(19)22-2/h3-10,12-14H,11H2,1-2H3/b14-8+/t19-/m0/s1. The van der Waals surface area contributed by atoms with Gasteiger partial charge in [0.2, 0.25) is 0 Å². The van der Waals surface area contributed by atoms with E-state index >= 15 is 0 Å². The lowest BCUT2D eigenvalue weighted by molar-refractivity contribution is -0.138. The van der Waals surface area contributed by atoms with Crippen molar-refractivity contribution >= 4 is 5.91 Å². The molecule has 1 aliphatic rings. The summed E-state index contributed by atoms with van der Waals surface area (Å²) >= 11 is 0. The lowest BCUT2D eigenvalue weighted by Crippen LogP contribution is -2.39. The molecule has 3 heteroatoms. The minimum absolute atomic E-state index is 0.0926. The van der Waals surface area contributed by atoms with E-state index in [0.29, 0.717) is 5.56 Å². The molecule has 0 saturated carbocycles. The summed E-state index contributed by atoms with van der Waals surface area (Å²) < 4.78 is 0. The first kappa shape index (κ1) is 14.5. The largest absolute Gasteiger partial charge is 0.278 e. The first-order valence-electron chi connectivity index (χ1n) is 7.36. The monoisotopic (exact) mass is 293 g/mol. The summed E-state index contributed by atoms with van der Waals surface area (Å²) in [5.74, 6) is -0.0926. The molecular formula is C19H19NO2. The molecule has 3 nitrogen and oxygen atoms in total. The van der Waals surface area contributed by atoms with Gasteiger partial charge < -0.3 is 0 Å². The number of benzene rings is 2. The molecule has 22 heavy (non-hydrogen) atoms. The van der Waals surface area contributed by atoms with E-state index < -0.39 is 5.54 Å². The third kappa shape index (κ3) is 2.34. The Kier molecular flexibility index (Phi) is 3.82. The number of hydroxylamine groups is 2. The molecule has 0 fully saturated rings. The summed E-state index contributed by atoms with van der Waals surface area (Å²) in [6, 6.07) is 17.9. The van der Waals surface area contributed by atoms with Gasteiger partial charge in [0.15, 0.2) is 0 Å². The molecule has 2 aromatic rings. The van der Waals surface area contributed by atoms with Crippen molar-refractivity contribution in [1.82, 2.24) is 5.06 Å². The Morgan fingerprint density at radius 1 is 1.09 bits per heavy atom. The van der Waals surface area contributed by atoms with Crippen LogP contribution in [0.1, 0.15) is 28.4 Å². The topological polar surface area (TPSA) is 29.5 Å². The van der Waals surface area contributed by atoms with Crippen LogP contribution in [0.3, 0.4) is 0 Å². The number of nitrogens with zero attached hydrogens (tertiary/aromatic N) is 1. The number of amides is 1. The Balaban J connectivity index is 1.91. The van der Waals surface area contributed by atoms with E-state index in [-0.39, 0.29) is 5.91 Å². The highest BCUT2D eigenvalue weighted by molar-refractivity contribution is 5.99. The second-order valence-corrected chi connectivity index (χ2v) is 5.57. The van der Waals surface area contributed by atoms with E-state index in [1.807, 2.05) is 55.5 Å². The summed E-state index contributed by atoms with van der Waals surface area (Å²) in [6.45, 7) is 2.00. The van der Waals surface area contributed by atoms with Crippen LogP contribution in [-0.2, 0) is 16.8 Å². The average Bonchev–Trinajstić information content (AvgIpc) is 2.77. The van der Waals surface area contributed by atoms with E-state index in [4.69, 9.17) is 4.84 Å². The van der Waals surface area contributed by atoms with Crippen LogP contribution in [-0.4, -0.2) is 18.1 Å². The van der Waals surface area contributed by atoms with Gasteiger partial charge in [-0.15, -0.1) is 0 Å². The van der Waals surface area contributed by atoms with E-state index in [0.717, 1.165) is 12.0 Å².